The average molecular weight is 702 g/mol. The zero-order valence-electron chi connectivity index (χ0n) is 27.3. The van der Waals surface area contributed by atoms with Crippen molar-refractivity contribution in [3.63, 3.8) is 0 Å². The number of carbonyl (C=O) groups excluding carboxylic acids is 1. The minimum absolute atomic E-state index is 0.0301. The number of methoxy groups -OCH3 is 1. The molecule has 2 heterocycles. The summed E-state index contributed by atoms with van der Waals surface area (Å²) in [4.78, 5) is 28.4. The molecule has 1 amide bonds. The molecule has 0 saturated carbocycles. The van der Waals surface area contributed by atoms with Gasteiger partial charge in [-0.05, 0) is 55.0 Å². The van der Waals surface area contributed by atoms with Crippen LogP contribution in [0, 0.1) is 0 Å². The second kappa shape index (κ2) is 16.2. The summed E-state index contributed by atoms with van der Waals surface area (Å²) in [6, 6.07) is 11.5. The highest BCUT2D eigenvalue weighted by atomic mass is 35.5. The molecule has 0 bridgehead atoms. The Morgan fingerprint density at radius 3 is 2.67 bits per heavy atom. The number of anilines is 4. The van der Waals surface area contributed by atoms with Crippen molar-refractivity contribution in [2.45, 2.75) is 31.7 Å². The molecule has 0 unspecified atom stereocenters. The molecule has 0 spiro atoms. The molecular formula is C32H44ClN9O5S. The lowest BCUT2D eigenvalue weighted by Gasteiger charge is -2.39. The fourth-order valence-corrected chi connectivity index (χ4v) is 7.01. The van der Waals surface area contributed by atoms with Crippen LogP contribution in [0.1, 0.15) is 34.3 Å². The second-order valence-electron chi connectivity index (χ2n) is 11.8. The topological polar surface area (TPSA) is 178 Å². The van der Waals surface area contributed by atoms with Gasteiger partial charge >= 0.3 is 0 Å². The average Bonchev–Trinajstić information content (AvgIpc) is 3.30. The fourth-order valence-electron chi connectivity index (χ4n) is 6.49. The molecule has 6 N–H and O–H groups in total. The molecule has 1 aliphatic heterocycles. The third kappa shape index (κ3) is 8.71. The van der Waals surface area contributed by atoms with Gasteiger partial charge in [0, 0.05) is 58.9 Å². The van der Waals surface area contributed by atoms with Gasteiger partial charge in [-0.25, -0.2) is 14.8 Å². The van der Waals surface area contributed by atoms with Gasteiger partial charge in [0.2, 0.25) is 5.95 Å². The third-order valence-electron chi connectivity index (χ3n) is 8.85. The Bertz CT molecular complexity index is 1690. The van der Waals surface area contributed by atoms with Gasteiger partial charge in [-0.2, -0.15) is 13.4 Å². The van der Waals surface area contributed by atoms with Crippen LogP contribution in [-0.2, 0) is 23.1 Å². The van der Waals surface area contributed by atoms with Gasteiger partial charge in [-0.15, -0.1) is 0 Å². The van der Waals surface area contributed by atoms with E-state index in [0.29, 0.717) is 35.3 Å². The number of nitrogens with zero attached hydrogens (tertiary/aromatic N) is 5. The monoisotopic (exact) mass is 701 g/mol. The van der Waals surface area contributed by atoms with E-state index in [1.54, 1.807) is 43.3 Å². The van der Waals surface area contributed by atoms with E-state index in [4.69, 9.17) is 26.5 Å². The first-order valence-electron chi connectivity index (χ1n) is 16.0. The van der Waals surface area contributed by atoms with E-state index >= 15 is 0 Å². The molecule has 2 aromatic carbocycles. The number of ether oxygens (including phenoxy) is 1. The van der Waals surface area contributed by atoms with Crippen LogP contribution in [0.15, 0.2) is 42.6 Å². The van der Waals surface area contributed by atoms with Crippen molar-refractivity contribution >= 4 is 50.9 Å². The highest BCUT2D eigenvalue weighted by Crippen LogP contribution is 2.41. The highest BCUT2D eigenvalue weighted by Gasteiger charge is 2.29. The SMILES string of the molecule is CNC(=O)c1ccccc1Nc1nc(N(CCNS(N)(=O)=O)c2ccc3c(c2OC)CCC[C@H](N2CCN(CCO)CC2)C3)ncc1Cl. The van der Waals surface area contributed by atoms with Crippen molar-refractivity contribution in [2.75, 3.05) is 76.8 Å². The summed E-state index contributed by atoms with van der Waals surface area (Å²) in [5, 5.41) is 20.6. The van der Waals surface area contributed by atoms with E-state index in [1.165, 1.54) is 11.8 Å². The summed E-state index contributed by atoms with van der Waals surface area (Å²) < 4.78 is 32.0. The van der Waals surface area contributed by atoms with E-state index in [0.717, 1.165) is 57.4 Å². The predicted octanol–water partition coefficient (Wildman–Crippen LogP) is 2.03. The Labute approximate surface area is 286 Å². The minimum atomic E-state index is -3.95. The number of para-hydroxylation sites is 1. The normalized spacial score (nSPS) is 17.3. The van der Waals surface area contributed by atoms with E-state index in [2.05, 4.69) is 36.2 Å². The minimum Gasteiger partial charge on any atom is -0.494 e. The number of aliphatic hydroxyl groups excluding tert-OH is 1. The molecule has 0 radical (unpaired) electrons. The summed E-state index contributed by atoms with van der Waals surface area (Å²) in [5.74, 6) is 0.897. The zero-order valence-corrected chi connectivity index (χ0v) is 28.9. The van der Waals surface area contributed by atoms with E-state index < -0.39 is 10.2 Å². The standard InChI is InChI=1S/C32H44ClN9O5S/c1-35-31(44)25-7-3-4-9-27(25)38-30-26(33)21-36-32(39-30)42(13-12-37-48(34,45)46)28-11-10-22-20-23(6-5-8-24(22)29(28)47-2)41-16-14-40(15-17-41)18-19-43/h3-4,7,9-11,21,23,37,43H,5-6,8,12-20H2,1-2H3,(H,35,44)(H2,34,45,46)(H,36,38,39)/t23-/m0/s1. The molecule has 1 aliphatic carbocycles. The molecule has 1 fully saturated rings. The van der Waals surface area contributed by atoms with Gasteiger partial charge in [-0.1, -0.05) is 29.8 Å². The van der Waals surface area contributed by atoms with Gasteiger partial charge in [-0.3, -0.25) is 14.6 Å². The van der Waals surface area contributed by atoms with Crippen LogP contribution in [0.4, 0.5) is 23.1 Å². The molecule has 1 aromatic heterocycles. The van der Waals surface area contributed by atoms with Gasteiger partial charge in [0.1, 0.15) is 10.8 Å². The van der Waals surface area contributed by atoms with Crippen LogP contribution in [0.5, 0.6) is 5.75 Å². The molecule has 14 nitrogen and oxygen atoms in total. The number of benzene rings is 2. The van der Waals surface area contributed by atoms with Gasteiger partial charge in [0.05, 0.1) is 36.9 Å². The molecule has 5 rings (SSSR count). The Balaban J connectivity index is 1.47. The summed E-state index contributed by atoms with van der Waals surface area (Å²) in [6.45, 7) is 4.82. The van der Waals surface area contributed by atoms with E-state index in [-0.39, 0.29) is 42.4 Å². The second-order valence-corrected chi connectivity index (χ2v) is 13.6. The van der Waals surface area contributed by atoms with E-state index in [9.17, 15) is 18.3 Å². The van der Waals surface area contributed by atoms with Crippen molar-refractivity contribution in [1.29, 1.82) is 0 Å². The first-order valence-corrected chi connectivity index (χ1v) is 18.0. The van der Waals surface area contributed by atoms with Crippen LogP contribution in [0.3, 0.4) is 0 Å². The summed E-state index contributed by atoms with van der Waals surface area (Å²) in [5.41, 5.74) is 3.89. The largest absolute Gasteiger partial charge is 0.494 e. The van der Waals surface area contributed by atoms with Crippen molar-refractivity contribution in [1.82, 2.24) is 29.8 Å². The van der Waals surface area contributed by atoms with Crippen LogP contribution >= 0.6 is 11.6 Å². The summed E-state index contributed by atoms with van der Waals surface area (Å²) >= 11 is 6.54. The molecule has 16 heteroatoms. The lowest BCUT2D eigenvalue weighted by Crippen LogP contribution is -2.51. The van der Waals surface area contributed by atoms with Gasteiger partial charge in [0.25, 0.3) is 16.1 Å². The zero-order chi connectivity index (χ0) is 34.3. The van der Waals surface area contributed by atoms with Crippen LogP contribution in [-0.4, -0.2) is 112 Å². The predicted molar refractivity (Wildman–Crippen MR) is 187 cm³/mol. The Morgan fingerprint density at radius 2 is 1.96 bits per heavy atom. The number of aromatic nitrogens is 2. The number of carbonyl (C=O) groups is 1. The van der Waals surface area contributed by atoms with Gasteiger partial charge in [0.15, 0.2) is 5.82 Å². The number of amides is 1. The molecule has 3 aromatic rings. The summed E-state index contributed by atoms with van der Waals surface area (Å²) in [7, 11) is -0.768. The summed E-state index contributed by atoms with van der Waals surface area (Å²) in [6.07, 6.45) is 5.20. The van der Waals surface area contributed by atoms with Crippen LogP contribution in [0.2, 0.25) is 5.02 Å². The quantitative estimate of drug-likeness (QED) is 0.165. The smallest absolute Gasteiger partial charge is 0.274 e. The number of halogens is 1. The third-order valence-corrected chi connectivity index (χ3v) is 9.74. The van der Waals surface area contributed by atoms with Crippen molar-refractivity contribution in [3.8, 4) is 5.75 Å². The first kappa shape index (κ1) is 35.7. The van der Waals surface area contributed by atoms with Crippen LogP contribution in [0.25, 0.3) is 0 Å². The first-order chi connectivity index (χ1) is 23.1. The number of rotatable bonds is 13. The number of aliphatic hydroxyl groups is 1. The highest BCUT2D eigenvalue weighted by molar-refractivity contribution is 7.87. The van der Waals surface area contributed by atoms with Gasteiger partial charge < -0.3 is 25.4 Å². The molecular weight excluding hydrogens is 658 g/mol. The number of nitrogens with one attached hydrogen (secondary N) is 3. The maximum absolute atomic E-state index is 12.5. The van der Waals surface area contributed by atoms with Crippen molar-refractivity contribution < 1.29 is 23.1 Å². The fraction of sp³-hybridized carbons (Fsp3) is 0.469. The molecule has 2 aliphatic rings. The number of hydrogen-bond donors (Lipinski definition) is 5. The Kier molecular flexibility index (Phi) is 12.1. The molecule has 260 valence electrons. The number of nitrogens with two attached hydrogens (primary N) is 1. The van der Waals surface area contributed by atoms with Crippen molar-refractivity contribution in [2.24, 2.45) is 5.14 Å². The van der Waals surface area contributed by atoms with E-state index in [1.807, 2.05) is 6.07 Å². The molecule has 48 heavy (non-hydrogen) atoms. The number of β-amino-alcohol motifs (C(OH)–C–C–N with tert-alkyl or cyclic N) is 1. The maximum Gasteiger partial charge on any atom is 0.274 e. The lowest BCUT2D eigenvalue weighted by molar-refractivity contribution is 0.0805. The molecule has 1 atom stereocenters. The van der Waals surface area contributed by atoms with Crippen LogP contribution < -0.4 is 30.1 Å². The Morgan fingerprint density at radius 1 is 1.19 bits per heavy atom. The number of fused-ring (bicyclic) bond motifs is 1. The van der Waals surface area contributed by atoms with Crippen molar-refractivity contribution in [3.05, 3.63) is 64.3 Å². The lowest BCUT2D eigenvalue weighted by atomic mass is 9.98. The molecule has 1 saturated heterocycles. The number of hydrogen-bond acceptors (Lipinski definition) is 11. The maximum atomic E-state index is 12.5. The number of piperazine rings is 1. The Hall–Kier alpha value is -3.57.